The van der Waals surface area contributed by atoms with Crippen molar-refractivity contribution in [3.8, 4) is 11.5 Å². The summed E-state index contributed by atoms with van der Waals surface area (Å²) in [6.07, 6.45) is 0. The maximum absolute atomic E-state index is 12.1. The Morgan fingerprint density at radius 3 is 2.50 bits per heavy atom. The Labute approximate surface area is 149 Å². The number of ether oxygens (including phenoxy) is 2. The summed E-state index contributed by atoms with van der Waals surface area (Å²) in [6, 6.07) is 10.5. The van der Waals surface area contributed by atoms with Crippen LogP contribution in [0.4, 0.5) is 17.1 Å². The van der Waals surface area contributed by atoms with Gasteiger partial charge >= 0.3 is 5.69 Å². The number of amides is 2. The summed E-state index contributed by atoms with van der Waals surface area (Å²) in [6.45, 7) is 0.932. The first-order chi connectivity index (χ1) is 12.4. The van der Waals surface area contributed by atoms with Crippen molar-refractivity contribution in [3.05, 3.63) is 52.6 Å². The van der Waals surface area contributed by atoms with Crippen molar-refractivity contribution < 1.29 is 24.0 Å². The number of rotatable bonds is 7. The lowest BCUT2D eigenvalue weighted by atomic mass is 10.2. The normalized spacial score (nSPS) is 9.92. The first-order valence-electron chi connectivity index (χ1n) is 7.52. The molecule has 0 atom stereocenters. The summed E-state index contributed by atoms with van der Waals surface area (Å²) in [5.41, 5.74) is 0.577. The predicted molar refractivity (Wildman–Crippen MR) is 94.5 cm³/mol. The van der Waals surface area contributed by atoms with Gasteiger partial charge < -0.3 is 20.1 Å². The van der Waals surface area contributed by atoms with Crippen LogP contribution in [0.1, 0.15) is 6.92 Å². The van der Waals surface area contributed by atoms with Gasteiger partial charge in [-0.1, -0.05) is 12.1 Å². The average molecular weight is 359 g/mol. The number of carbonyl (C=O) groups is 2. The summed E-state index contributed by atoms with van der Waals surface area (Å²) in [7, 11) is 1.44. The summed E-state index contributed by atoms with van der Waals surface area (Å²) in [5.74, 6) is -0.418. The van der Waals surface area contributed by atoms with Crippen LogP contribution in [0.15, 0.2) is 42.5 Å². The molecule has 2 amide bonds. The average Bonchev–Trinajstić information content (AvgIpc) is 2.60. The van der Waals surface area contributed by atoms with Gasteiger partial charge in [0.25, 0.3) is 5.91 Å². The molecule has 9 heteroatoms. The highest BCUT2D eigenvalue weighted by Gasteiger charge is 2.16. The highest BCUT2D eigenvalue weighted by Crippen LogP contribution is 2.28. The van der Waals surface area contributed by atoms with Gasteiger partial charge in [-0.25, -0.2) is 0 Å². The monoisotopic (exact) mass is 359 g/mol. The van der Waals surface area contributed by atoms with E-state index in [1.165, 1.54) is 38.3 Å². The van der Waals surface area contributed by atoms with Gasteiger partial charge in [0.15, 0.2) is 12.4 Å². The topological polar surface area (TPSA) is 120 Å². The quantitative estimate of drug-likeness (QED) is 0.579. The van der Waals surface area contributed by atoms with E-state index in [-0.39, 0.29) is 17.3 Å². The molecule has 0 saturated heterocycles. The highest BCUT2D eigenvalue weighted by molar-refractivity contribution is 5.95. The second kappa shape index (κ2) is 8.47. The summed E-state index contributed by atoms with van der Waals surface area (Å²) in [5, 5.41) is 16.1. The number of para-hydroxylation sites is 2. The second-order valence-electron chi connectivity index (χ2n) is 5.16. The third-order valence-electron chi connectivity index (χ3n) is 3.21. The molecule has 26 heavy (non-hydrogen) atoms. The molecule has 136 valence electrons. The minimum Gasteiger partial charge on any atom is -0.495 e. The maximum Gasteiger partial charge on any atom is 0.310 e. The van der Waals surface area contributed by atoms with Crippen molar-refractivity contribution in [1.82, 2.24) is 0 Å². The molecule has 2 aromatic carbocycles. The Morgan fingerprint density at radius 2 is 1.85 bits per heavy atom. The molecule has 0 aliphatic rings. The molecule has 0 spiro atoms. The fraction of sp³-hybridized carbons (Fsp3) is 0.176. The third kappa shape index (κ3) is 4.94. The van der Waals surface area contributed by atoms with Crippen molar-refractivity contribution in [2.24, 2.45) is 0 Å². The molecule has 0 radical (unpaired) electrons. The van der Waals surface area contributed by atoms with E-state index in [2.05, 4.69) is 10.6 Å². The SMILES string of the molecule is COc1ccc(NC(C)=O)cc1NC(=O)COc1ccccc1[N+](=O)[O-]. The standard InChI is InChI=1S/C17H17N3O6/c1-11(21)18-12-7-8-15(25-2)13(9-12)19-17(22)10-26-16-6-4-3-5-14(16)20(23)24/h3-9H,10H2,1-2H3,(H,18,21)(H,19,22). The van der Waals surface area contributed by atoms with Crippen LogP contribution in [0.5, 0.6) is 11.5 Å². The fourth-order valence-electron chi connectivity index (χ4n) is 2.15. The van der Waals surface area contributed by atoms with Crippen molar-refractivity contribution >= 4 is 28.9 Å². The van der Waals surface area contributed by atoms with Gasteiger partial charge in [-0.15, -0.1) is 0 Å². The smallest absolute Gasteiger partial charge is 0.310 e. The van der Waals surface area contributed by atoms with E-state index < -0.39 is 17.4 Å². The van der Waals surface area contributed by atoms with Crippen LogP contribution in [0.25, 0.3) is 0 Å². The van der Waals surface area contributed by atoms with Crippen molar-refractivity contribution in [3.63, 3.8) is 0 Å². The molecule has 0 aliphatic heterocycles. The van der Waals surface area contributed by atoms with Crippen LogP contribution >= 0.6 is 0 Å². The minimum atomic E-state index is -0.590. The largest absolute Gasteiger partial charge is 0.495 e. The number of anilines is 2. The molecule has 9 nitrogen and oxygen atoms in total. The number of nitro benzene ring substituents is 1. The molecule has 2 N–H and O–H groups in total. The van der Waals surface area contributed by atoms with Gasteiger partial charge in [-0.2, -0.15) is 0 Å². The minimum absolute atomic E-state index is 0.00777. The first kappa shape index (κ1) is 18.7. The Hall–Kier alpha value is -3.62. The number of hydrogen-bond acceptors (Lipinski definition) is 6. The van der Waals surface area contributed by atoms with Crippen molar-refractivity contribution in [1.29, 1.82) is 0 Å². The fourth-order valence-corrected chi connectivity index (χ4v) is 2.15. The van der Waals surface area contributed by atoms with Crippen LogP contribution in [0.2, 0.25) is 0 Å². The molecular formula is C17H17N3O6. The Bertz CT molecular complexity index is 837. The van der Waals surface area contributed by atoms with E-state index in [0.717, 1.165) is 0 Å². The second-order valence-corrected chi connectivity index (χ2v) is 5.16. The van der Waals surface area contributed by atoms with Crippen molar-refractivity contribution in [2.45, 2.75) is 6.92 Å². The van der Waals surface area contributed by atoms with Crippen LogP contribution in [-0.4, -0.2) is 30.5 Å². The Morgan fingerprint density at radius 1 is 1.12 bits per heavy atom. The molecule has 2 aromatic rings. The lowest BCUT2D eigenvalue weighted by Gasteiger charge is -2.13. The first-order valence-corrected chi connectivity index (χ1v) is 7.52. The number of nitrogens with one attached hydrogen (secondary N) is 2. The van der Waals surface area contributed by atoms with Gasteiger partial charge in [0, 0.05) is 18.7 Å². The van der Waals surface area contributed by atoms with Gasteiger partial charge in [-0.3, -0.25) is 19.7 Å². The Kier molecular flexibility index (Phi) is 6.10. The van der Waals surface area contributed by atoms with Crippen LogP contribution in [-0.2, 0) is 9.59 Å². The summed E-state index contributed by atoms with van der Waals surface area (Å²) >= 11 is 0. The molecule has 0 saturated carbocycles. The Balaban J connectivity index is 2.08. The van der Waals surface area contributed by atoms with Crippen LogP contribution in [0.3, 0.4) is 0 Å². The zero-order chi connectivity index (χ0) is 19.1. The molecule has 0 heterocycles. The molecule has 0 fully saturated rings. The number of benzene rings is 2. The van der Waals surface area contributed by atoms with Crippen LogP contribution in [0, 0.1) is 10.1 Å². The van der Waals surface area contributed by atoms with E-state index in [0.29, 0.717) is 17.1 Å². The van der Waals surface area contributed by atoms with Crippen LogP contribution < -0.4 is 20.1 Å². The zero-order valence-corrected chi connectivity index (χ0v) is 14.1. The third-order valence-corrected chi connectivity index (χ3v) is 3.21. The van der Waals surface area contributed by atoms with Gasteiger partial charge in [0.05, 0.1) is 17.7 Å². The molecular weight excluding hydrogens is 342 g/mol. The van der Waals surface area contributed by atoms with E-state index in [4.69, 9.17) is 9.47 Å². The predicted octanol–water partition coefficient (Wildman–Crippen LogP) is 2.58. The molecule has 0 unspecified atom stereocenters. The van der Waals surface area contributed by atoms with Gasteiger partial charge in [0.2, 0.25) is 5.91 Å². The lowest BCUT2D eigenvalue weighted by Crippen LogP contribution is -2.21. The maximum atomic E-state index is 12.1. The molecule has 2 rings (SSSR count). The number of nitro groups is 1. The van der Waals surface area contributed by atoms with E-state index in [1.54, 1.807) is 18.2 Å². The number of nitrogens with zero attached hydrogens (tertiary/aromatic N) is 1. The lowest BCUT2D eigenvalue weighted by molar-refractivity contribution is -0.385. The van der Waals surface area contributed by atoms with E-state index >= 15 is 0 Å². The number of methoxy groups -OCH3 is 1. The van der Waals surface area contributed by atoms with Gasteiger partial charge in [-0.05, 0) is 24.3 Å². The molecule has 0 aromatic heterocycles. The zero-order valence-electron chi connectivity index (χ0n) is 14.1. The number of carbonyl (C=O) groups excluding carboxylic acids is 2. The molecule has 0 bridgehead atoms. The number of hydrogen-bond donors (Lipinski definition) is 2. The summed E-state index contributed by atoms with van der Waals surface area (Å²) < 4.78 is 10.4. The van der Waals surface area contributed by atoms with Gasteiger partial charge in [0.1, 0.15) is 5.75 Å². The highest BCUT2D eigenvalue weighted by atomic mass is 16.6. The summed E-state index contributed by atoms with van der Waals surface area (Å²) in [4.78, 5) is 33.6. The van der Waals surface area contributed by atoms with E-state index in [9.17, 15) is 19.7 Å². The molecule has 0 aliphatic carbocycles. The van der Waals surface area contributed by atoms with E-state index in [1.807, 2.05) is 0 Å². The van der Waals surface area contributed by atoms with Crippen molar-refractivity contribution in [2.75, 3.05) is 24.4 Å².